The van der Waals surface area contributed by atoms with E-state index in [9.17, 15) is 23.1 Å². The quantitative estimate of drug-likeness (QED) is 0.327. The molecular formula is C31H39F3N4O2. The number of halogens is 3. The van der Waals surface area contributed by atoms with Crippen LogP contribution in [0.25, 0.3) is 0 Å². The third kappa shape index (κ3) is 6.74. The highest BCUT2D eigenvalue weighted by Crippen LogP contribution is 2.38. The lowest BCUT2D eigenvalue weighted by atomic mass is 9.82. The van der Waals surface area contributed by atoms with E-state index in [2.05, 4.69) is 14.9 Å². The maximum absolute atomic E-state index is 14.7. The number of hydrogen-bond acceptors (Lipinski definition) is 4. The zero-order valence-corrected chi connectivity index (χ0v) is 23.9. The van der Waals surface area contributed by atoms with Gasteiger partial charge in [-0.25, -0.2) is 18.2 Å². The number of benzene rings is 2. The van der Waals surface area contributed by atoms with E-state index in [4.69, 9.17) is 0 Å². The van der Waals surface area contributed by atoms with Gasteiger partial charge in [-0.15, -0.1) is 0 Å². The van der Waals surface area contributed by atoms with Crippen molar-refractivity contribution in [1.82, 2.24) is 4.90 Å². The lowest BCUT2D eigenvalue weighted by molar-refractivity contribution is -0.144. The molecule has 2 aliphatic heterocycles. The fourth-order valence-electron chi connectivity index (χ4n) is 5.76. The number of piperidine rings is 1. The van der Waals surface area contributed by atoms with Crippen molar-refractivity contribution in [2.45, 2.75) is 59.2 Å². The van der Waals surface area contributed by atoms with Crippen LogP contribution in [0.1, 0.15) is 62.8 Å². The van der Waals surface area contributed by atoms with E-state index in [0.29, 0.717) is 68.4 Å². The van der Waals surface area contributed by atoms with Crippen molar-refractivity contribution in [1.29, 1.82) is 0 Å². The van der Waals surface area contributed by atoms with Crippen molar-refractivity contribution < 1.29 is 23.1 Å². The Morgan fingerprint density at radius 2 is 1.73 bits per heavy atom. The summed E-state index contributed by atoms with van der Waals surface area (Å²) >= 11 is 0. The Balaban J connectivity index is 1.51. The van der Waals surface area contributed by atoms with Gasteiger partial charge in [-0.05, 0) is 54.5 Å². The van der Waals surface area contributed by atoms with Crippen molar-refractivity contribution in [2.75, 3.05) is 38.1 Å². The first-order valence-electron chi connectivity index (χ1n) is 13.8. The number of nitrogens with zero attached hydrogens (tertiary/aromatic N) is 4. The molecule has 4 rings (SSSR count). The van der Waals surface area contributed by atoms with Gasteiger partial charge in [-0.2, -0.15) is 0 Å². The number of carboxylic acids is 1. The molecule has 2 fully saturated rings. The lowest BCUT2D eigenvalue weighted by Crippen LogP contribution is -2.35. The zero-order chi connectivity index (χ0) is 29.2. The summed E-state index contributed by atoms with van der Waals surface area (Å²) in [5, 5.41) is 9.54. The fraction of sp³-hybridized carbons (Fsp3) is 0.516. The van der Waals surface area contributed by atoms with Crippen molar-refractivity contribution >= 4 is 23.2 Å². The summed E-state index contributed by atoms with van der Waals surface area (Å²) in [6.45, 7) is 9.42. The molecule has 0 amide bonds. The van der Waals surface area contributed by atoms with Crippen LogP contribution in [0.5, 0.6) is 0 Å². The zero-order valence-electron chi connectivity index (χ0n) is 23.9. The van der Waals surface area contributed by atoms with E-state index in [1.54, 1.807) is 19.2 Å². The van der Waals surface area contributed by atoms with Gasteiger partial charge in [0.2, 0.25) is 0 Å². The smallest absolute Gasteiger partial charge is 0.308 e. The van der Waals surface area contributed by atoms with Gasteiger partial charge in [-0.3, -0.25) is 14.7 Å². The van der Waals surface area contributed by atoms with E-state index in [-0.39, 0.29) is 11.0 Å². The summed E-state index contributed by atoms with van der Waals surface area (Å²) < 4.78 is 43.0. The van der Waals surface area contributed by atoms with Crippen molar-refractivity contribution in [2.24, 2.45) is 21.3 Å². The van der Waals surface area contributed by atoms with Gasteiger partial charge in [0, 0.05) is 69.2 Å². The normalized spacial score (nSPS) is 21.2. The fourth-order valence-corrected chi connectivity index (χ4v) is 5.76. The van der Waals surface area contributed by atoms with Crippen LogP contribution in [0.4, 0.5) is 18.9 Å². The summed E-state index contributed by atoms with van der Waals surface area (Å²) in [7, 11) is 1.58. The van der Waals surface area contributed by atoms with Gasteiger partial charge < -0.3 is 10.0 Å². The molecule has 6 nitrogen and oxygen atoms in total. The maximum atomic E-state index is 14.7. The second kappa shape index (κ2) is 11.7. The molecule has 0 saturated carbocycles. The third-order valence-electron chi connectivity index (χ3n) is 8.07. The molecule has 0 aliphatic carbocycles. The van der Waals surface area contributed by atoms with E-state index in [1.807, 2.05) is 49.9 Å². The largest absolute Gasteiger partial charge is 0.481 e. The predicted octanol–water partition coefficient (Wildman–Crippen LogP) is 6.16. The summed E-state index contributed by atoms with van der Waals surface area (Å²) in [5.74, 6) is -3.88. The van der Waals surface area contributed by atoms with Crippen LogP contribution in [-0.2, 0) is 17.3 Å². The Bertz CT molecular complexity index is 1280. The summed E-state index contributed by atoms with van der Waals surface area (Å²) in [4.78, 5) is 24.6. The topological polar surface area (TPSA) is 68.5 Å². The van der Waals surface area contributed by atoms with Gasteiger partial charge in [-0.1, -0.05) is 38.1 Å². The van der Waals surface area contributed by atoms with Gasteiger partial charge in [0.15, 0.2) is 5.84 Å². The standard InChI is InChI=1S/C31H39F3N4O2/c1-20(22-8-6-21(7-9-22)17-37-18-26(29(39)40)30(2,3)19-37)36-28(35-5)23-10-11-27(25(16-23)31(4,33)34)38-14-12-24(32)13-15-38/h6-11,16,24,26H,12-15,17-19H2,1-5H3,(H,39,40). The monoisotopic (exact) mass is 556 g/mol. The number of aliphatic imine (C=N–C) groups is 2. The minimum atomic E-state index is -3.08. The molecule has 2 aromatic rings. The van der Waals surface area contributed by atoms with Crippen LogP contribution < -0.4 is 4.90 Å². The molecule has 1 N–H and O–H groups in total. The number of alkyl halides is 3. The van der Waals surface area contributed by atoms with Gasteiger partial charge in [0.1, 0.15) is 6.17 Å². The molecule has 1 atom stereocenters. The van der Waals surface area contributed by atoms with Crippen molar-refractivity contribution in [3.05, 3.63) is 64.7 Å². The number of carboxylic acid groups (broad SMARTS) is 1. The molecular weight excluding hydrogens is 517 g/mol. The summed E-state index contributed by atoms with van der Waals surface area (Å²) in [5.41, 5.74) is 3.16. The number of amidine groups is 1. The van der Waals surface area contributed by atoms with Crippen molar-refractivity contribution in [3.63, 3.8) is 0 Å². The molecule has 0 bridgehead atoms. The second-order valence-electron chi connectivity index (χ2n) is 11.8. The van der Waals surface area contributed by atoms with E-state index >= 15 is 0 Å². The summed E-state index contributed by atoms with van der Waals surface area (Å²) in [6, 6.07) is 12.8. The first-order valence-corrected chi connectivity index (χ1v) is 13.8. The van der Waals surface area contributed by atoms with Crippen LogP contribution >= 0.6 is 0 Å². The number of hydrogen-bond donors (Lipinski definition) is 1. The van der Waals surface area contributed by atoms with E-state index in [1.165, 1.54) is 6.07 Å². The van der Waals surface area contributed by atoms with Crippen LogP contribution in [0, 0.1) is 11.3 Å². The Morgan fingerprint density at radius 1 is 1.10 bits per heavy atom. The van der Waals surface area contributed by atoms with E-state index < -0.39 is 24.0 Å². The Kier molecular flexibility index (Phi) is 8.73. The van der Waals surface area contributed by atoms with Gasteiger partial charge >= 0.3 is 5.97 Å². The average Bonchev–Trinajstić information content (AvgIpc) is 3.21. The van der Waals surface area contributed by atoms with Gasteiger partial charge in [0.05, 0.1) is 5.92 Å². The SMILES string of the molecule is CN=C(N=C(C)c1ccc(CN2CC(C(=O)O)C(C)(C)C2)cc1)c1ccc(N2CCC(F)CC2)c(C(C)(F)F)c1. The minimum Gasteiger partial charge on any atom is -0.481 e. The second-order valence-corrected chi connectivity index (χ2v) is 11.8. The molecule has 40 heavy (non-hydrogen) atoms. The molecule has 0 aromatic heterocycles. The number of rotatable bonds is 7. The lowest BCUT2D eigenvalue weighted by Gasteiger charge is -2.33. The third-order valence-corrected chi connectivity index (χ3v) is 8.07. The average molecular weight is 557 g/mol. The number of likely N-dealkylation sites (tertiary alicyclic amines) is 1. The van der Waals surface area contributed by atoms with Crippen LogP contribution in [0.2, 0.25) is 0 Å². The molecule has 2 saturated heterocycles. The number of anilines is 1. The highest BCUT2D eigenvalue weighted by atomic mass is 19.3. The molecule has 2 heterocycles. The molecule has 0 radical (unpaired) electrons. The first-order chi connectivity index (χ1) is 18.8. The molecule has 2 aliphatic rings. The van der Waals surface area contributed by atoms with E-state index in [0.717, 1.165) is 18.1 Å². The minimum absolute atomic E-state index is 0.115. The molecule has 9 heteroatoms. The molecule has 2 aromatic carbocycles. The molecule has 216 valence electrons. The molecule has 0 spiro atoms. The van der Waals surface area contributed by atoms with Crippen LogP contribution in [0.15, 0.2) is 52.4 Å². The van der Waals surface area contributed by atoms with Crippen LogP contribution in [-0.4, -0.2) is 66.9 Å². The van der Waals surface area contributed by atoms with Crippen LogP contribution in [0.3, 0.4) is 0 Å². The molecule has 1 unspecified atom stereocenters. The number of carbonyl (C=O) groups is 1. The predicted molar refractivity (Wildman–Crippen MR) is 154 cm³/mol. The highest BCUT2D eigenvalue weighted by molar-refractivity contribution is 6.11. The van der Waals surface area contributed by atoms with Crippen molar-refractivity contribution in [3.8, 4) is 0 Å². The Morgan fingerprint density at radius 3 is 2.27 bits per heavy atom. The maximum Gasteiger partial charge on any atom is 0.308 e. The highest BCUT2D eigenvalue weighted by Gasteiger charge is 2.43. The first kappa shape index (κ1) is 29.8. The number of aliphatic carboxylic acids is 1. The van der Waals surface area contributed by atoms with Gasteiger partial charge in [0.25, 0.3) is 5.92 Å². The Hall–Kier alpha value is -3.20. The Labute approximate surface area is 234 Å². The summed E-state index contributed by atoms with van der Waals surface area (Å²) in [6.07, 6.45) is -0.221.